The number of carbonyl (C=O) groups is 1. The Labute approximate surface area is 144 Å². The Morgan fingerprint density at radius 1 is 1.20 bits per heavy atom. The summed E-state index contributed by atoms with van der Waals surface area (Å²) in [6.45, 7) is 0. The molecule has 0 bridgehead atoms. The number of hydrogen-bond donors (Lipinski definition) is 1. The van der Waals surface area contributed by atoms with Gasteiger partial charge in [-0.3, -0.25) is 9.78 Å². The zero-order valence-corrected chi connectivity index (χ0v) is 13.4. The summed E-state index contributed by atoms with van der Waals surface area (Å²) in [4.78, 5) is 16.2. The van der Waals surface area contributed by atoms with Gasteiger partial charge in [0.1, 0.15) is 11.3 Å². The van der Waals surface area contributed by atoms with Gasteiger partial charge in [0.05, 0.1) is 6.21 Å². The van der Waals surface area contributed by atoms with Crippen molar-refractivity contribution in [3.8, 4) is 0 Å². The van der Waals surface area contributed by atoms with E-state index in [0.717, 1.165) is 6.42 Å². The molecule has 25 heavy (non-hydrogen) atoms. The van der Waals surface area contributed by atoms with Gasteiger partial charge in [-0.15, -0.1) is 0 Å². The maximum absolute atomic E-state index is 14.0. The van der Waals surface area contributed by atoms with Gasteiger partial charge >= 0.3 is 0 Å². The van der Waals surface area contributed by atoms with Gasteiger partial charge in [0.2, 0.25) is 5.91 Å². The molecule has 1 saturated carbocycles. The smallest absolute Gasteiger partial charge is 0.243 e. The molecular weight excluding hydrogens is 317 g/mol. The second kappa shape index (κ2) is 6.43. The summed E-state index contributed by atoms with van der Waals surface area (Å²) in [6, 6.07) is 16.7. The van der Waals surface area contributed by atoms with Crippen molar-refractivity contribution in [1.29, 1.82) is 0 Å². The maximum atomic E-state index is 14.0. The molecule has 1 fully saturated rings. The van der Waals surface area contributed by atoms with E-state index in [1.54, 1.807) is 24.4 Å². The average molecular weight is 333 g/mol. The van der Waals surface area contributed by atoms with Crippen LogP contribution in [0.4, 0.5) is 4.39 Å². The normalized spacial score (nSPS) is 19.2. The predicted octanol–water partition coefficient (Wildman–Crippen LogP) is 3.63. The number of amides is 1. The van der Waals surface area contributed by atoms with Crippen molar-refractivity contribution in [3.63, 3.8) is 0 Å². The van der Waals surface area contributed by atoms with Crippen LogP contribution in [0.1, 0.15) is 23.5 Å². The molecule has 124 valence electrons. The van der Waals surface area contributed by atoms with Gasteiger partial charge in [0.25, 0.3) is 0 Å². The van der Waals surface area contributed by atoms with Gasteiger partial charge in [-0.25, -0.2) is 9.82 Å². The van der Waals surface area contributed by atoms with Crippen molar-refractivity contribution < 1.29 is 9.18 Å². The lowest BCUT2D eigenvalue weighted by atomic mass is 10.1. The molecule has 1 N–H and O–H groups in total. The number of pyridine rings is 1. The second-order valence-electron chi connectivity index (χ2n) is 6.17. The topological polar surface area (TPSA) is 54.4 Å². The molecule has 4 nitrogen and oxygen atoms in total. The highest BCUT2D eigenvalue weighted by Gasteiger charge is 2.43. The van der Waals surface area contributed by atoms with Crippen molar-refractivity contribution in [2.45, 2.75) is 12.3 Å². The zero-order chi connectivity index (χ0) is 17.2. The summed E-state index contributed by atoms with van der Waals surface area (Å²) in [5, 5.41) is 4.66. The molecule has 1 heterocycles. The molecular formula is C20H16FN3O. The van der Waals surface area contributed by atoms with E-state index in [0.29, 0.717) is 16.5 Å². The molecule has 5 heteroatoms. The Bertz CT molecular complexity index is 956. The summed E-state index contributed by atoms with van der Waals surface area (Å²) < 4.78 is 14.0. The van der Waals surface area contributed by atoms with Crippen LogP contribution in [0.15, 0.2) is 65.9 Å². The van der Waals surface area contributed by atoms with Gasteiger partial charge in [-0.05, 0) is 41.7 Å². The van der Waals surface area contributed by atoms with Crippen LogP contribution in [0, 0.1) is 11.7 Å². The van der Waals surface area contributed by atoms with Crippen molar-refractivity contribution in [1.82, 2.24) is 10.4 Å². The number of benzene rings is 2. The molecule has 0 spiro atoms. The number of aromatic nitrogens is 1. The number of hydrogen-bond acceptors (Lipinski definition) is 3. The number of halogens is 1. The van der Waals surface area contributed by atoms with E-state index in [1.807, 2.05) is 30.3 Å². The van der Waals surface area contributed by atoms with Crippen LogP contribution in [0.2, 0.25) is 0 Å². The Morgan fingerprint density at radius 2 is 2.04 bits per heavy atom. The first-order chi connectivity index (χ1) is 12.2. The van der Waals surface area contributed by atoms with Crippen molar-refractivity contribution >= 4 is 23.0 Å². The summed E-state index contributed by atoms with van der Waals surface area (Å²) in [7, 11) is 0. The standard InChI is InChI=1S/C20H16FN3O/c21-18-10-13(9-15-7-4-8-22-19(15)18)12-23-24-20(25)17-11-16(17)14-5-2-1-3-6-14/h1-10,12,16-17H,11H2,(H,24,25)/t16?,17-/m0/s1. The van der Waals surface area contributed by atoms with Gasteiger partial charge in [0.15, 0.2) is 0 Å². The van der Waals surface area contributed by atoms with E-state index < -0.39 is 5.82 Å². The van der Waals surface area contributed by atoms with E-state index in [1.165, 1.54) is 17.8 Å². The van der Waals surface area contributed by atoms with Crippen LogP contribution in [0.25, 0.3) is 10.9 Å². The van der Waals surface area contributed by atoms with Crippen molar-refractivity contribution in [2.75, 3.05) is 0 Å². The lowest BCUT2D eigenvalue weighted by Gasteiger charge is -2.02. The minimum absolute atomic E-state index is 0.0444. The van der Waals surface area contributed by atoms with E-state index in [2.05, 4.69) is 15.5 Å². The SMILES string of the molecule is O=C(NN=Cc1cc(F)c2ncccc2c1)[C@H]1CC1c1ccccc1. The molecule has 1 amide bonds. The van der Waals surface area contributed by atoms with Crippen LogP contribution in [-0.4, -0.2) is 17.1 Å². The van der Waals surface area contributed by atoms with Crippen LogP contribution >= 0.6 is 0 Å². The second-order valence-corrected chi connectivity index (χ2v) is 6.17. The first kappa shape index (κ1) is 15.4. The highest BCUT2D eigenvalue weighted by Crippen LogP contribution is 2.47. The third-order valence-corrected chi connectivity index (χ3v) is 4.42. The minimum Gasteiger partial charge on any atom is -0.273 e. The van der Waals surface area contributed by atoms with Crippen molar-refractivity contribution in [3.05, 3.63) is 77.7 Å². The van der Waals surface area contributed by atoms with Gasteiger partial charge in [-0.1, -0.05) is 36.4 Å². The maximum Gasteiger partial charge on any atom is 0.243 e. The van der Waals surface area contributed by atoms with Gasteiger partial charge in [-0.2, -0.15) is 5.10 Å². The number of hydrazone groups is 1. The summed E-state index contributed by atoms with van der Waals surface area (Å²) in [5.74, 6) is -0.289. The van der Waals surface area contributed by atoms with Crippen LogP contribution in [0.5, 0.6) is 0 Å². The molecule has 0 saturated heterocycles. The molecule has 1 unspecified atom stereocenters. The quantitative estimate of drug-likeness (QED) is 0.585. The van der Waals surface area contributed by atoms with Crippen LogP contribution in [0.3, 0.4) is 0 Å². The molecule has 0 aliphatic heterocycles. The highest BCUT2D eigenvalue weighted by atomic mass is 19.1. The summed E-state index contributed by atoms with van der Waals surface area (Å²) >= 11 is 0. The number of nitrogens with one attached hydrogen (secondary N) is 1. The molecule has 1 aliphatic carbocycles. The zero-order valence-electron chi connectivity index (χ0n) is 13.4. The Balaban J connectivity index is 1.41. The Hall–Kier alpha value is -3.08. The fourth-order valence-corrected chi connectivity index (χ4v) is 3.05. The fraction of sp³-hybridized carbons (Fsp3) is 0.150. The highest BCUT2D eigenvalue weighted by molar-refractivity contribution is 5.90. The third kappa shape index (κ3) is 3.26. The first-order valence-electron chi connectivity index (χ1n) is 8.14. The first-order valence-corrected chi connectivity index (χ1v) is 8.14. The number of carbonyl (C=O) groups excluding carboxylic acids is 1. The number of rotatable bonds is 4. The predicted molar refractivity (Wildman–Crippen MR) is 94.7 cm³/mol. The van der Waals surface area contributed by atoms with E-state index in [9.17, 15) is 9.18 Å². The molecule has 0 radical (unpaired) electrons. The van der Waals surface area contributed by atoms with Crippen LogP contribution < -0.4 is 5.43 Å². The Morgan fingerprint density at radius 3 is 2.88 bits per heavy atom. The van der Waals surface area contributed by atoms with Crippen molar-refractivity contribution in [2.24, 2.45) is 11.0 Å². The van der Waals surface area contributed by atoms with Crippen LogP contribution in [-0.2, 0) is 4.79 Å². The lowest BCUT2D eigenvalue weighted by molar-refractivity contribution is -0.122. The van der Waals surface area contributed by atoms with E-state index >= 15 is 0 Å². The molecule has 2 aromatic carbocycles. The van der Waals surface area contributed by atoms with Gasteiger partial charge < -0.3 is 0 Å². The monoisotopic (exact) mass is 333 g/mol. The molecule has 2 atom stereocenters. The number of fused-ring (bicyclic) bond motifs is 1. The lowest BCUT2D eigenvalue weighted by Crippen LogP contribution is -2.20. The minimum atomic E-state index is -0.405. The fourth-order valence-electron chi connectivity index (χ4n) is 3.05. The largest absolute Gasteiger partial charge is 0.273 e. The van der Waals surface area contributed by atoms with E-state index in [4.69, 9.17) is 0 Å². The number of nitrogens with zero attached hydrogens (tertiary/aromatic N) is 2. The van der Waals surface area contributed by atoms with Gasteiger partial charge in [0, 0.05) is 17.5 Å². The Kier molecular flexibility index (Phi) is 3.98. The summed E-state index contributed by atoms with van der Waals surface area (Å²) in [6.07, 6.45) is 3.84. The molecule has 1 aliphatic rings. The summed E-state index contributed by atoms with van der Waals surface area (Å²) in [5.41, 5.74) is 4.63. The van der Waals surface area contributed by atoms with E-state index in [-0.39, 0.29) is 17.7 Å². The average Bonchev–Trinajstić information content (AvgIpc) is 3.43. The molecule has 1 aromatic heterocycles. The molecule has 3 aromatic rings. The third-order valence-electron chi connectivity index (χ3n) is 4.42. The molecule has 4 rings (SSSR count).